The maximum atomic E-state index is 2.54. The van der Waals surface area contributed by atoms with E-state index in [9.17, 15) is 0 Å². The van der Waals surface area contributed by atoms with Gasteiger partial charge in [0.1, 0.15) is 16.1 Å². The summed E-state index contributed by atoms with van der Waals surface area (Å²) in [6.45, 7) is 10.1. The van der Waals surface area contributed by atoms with E-state index < -0.39 is 16.1 Å². The summed E-state index contributed by atoms with van der Waals surface area (Å²) in [4.78, 5) is 0. The van der Waals surface area contributed by atoms with Gasteiger partial charge in [0.15, 0.2) is 0 Å². The van der Waals surface area contributed by atoms with Gasteiger partial charge in [-0.25, -0.2) is 0 Å². The Morgan fingerprint density at radius 3 is 1.42 bits per heavy atom. The zero-order chi connectivity index (χ0) is 42.9. The third-order valence-corrected chi connectivity index (χ3v) is 22.5. The van der Waals surface area contributed by atoms with E-state index in [1.807, 2.05) is 0 Å². The van der Waals surface area contributed by atoms with Gasteiger partial charge in [-0.2, -0.15) is 0 Å². The lowest BCUT2D eigenvalue weighted by Crippen LogP contribution is -2.53. The number of rotatable bonds is 6. The molecule has 0 saturated heterocycles. The minimum Gasteiger partial charge on any atom is -0.0795 e. The Morgan fingerprint density at radius 1 is 0.359 bits per heavy atom. The van der Waals surface area contributed by atoms with E-state index in [1.165, 1.54) is 130 Å². The van der Waals surface area contributed by atoms with Crippen molar-refractivity contribution >= 4 is 113 Å². The Balaban J connectivity index is 0.895. The molecule has 0 atom stereocenters. The number of fused-ring (bicyclic) bond motifs is 2. The van der Waals surface area contributed by atoms with Crippen LogP contribution in [0.15, 0.2) is 188 Å². The number of allylic oxidation sites excluding steroid dienone is 3. The van der Waals surface area contributed by atoms with Crippen LogP contribution in [0.2, 0.25) is 26.2 Å². The Kier molecular flexibility index (Phi) is 8.14. The largest absolute Gasteiger partial charge is 0.113 e. The molecule has 0 aromatic heterocycles. The zero-order valence-corrected chi connectivity index (χ0v) is 38.9. The number of hydrogen-bond donors (Lipinski definition) is 0. The minimum absolute atomic E-state index is 1.03. The molecule has 0 aliphatic heterocycles. The quantitative estimate of drug-likeness (QED) is 0.0888. The van der Waals surface area contributed by atoms with E-state index in [-0.39, 0.29) is 0 Å². The lowest BCUT2D eigenvalue weighted by molar-refractivity contribution is 1.23. The van der Waals surface area contributed by atoms with Crippen LogP contribution in [0.25, 0.3) is 98.5 Å². The molecular weight excluding hydrogens is 801 g/mol. The fourth-order valence-corrected chi connectivity index (χ4v) is 17.4. The topological polar surface area (TPSA) is 0 Å². The molecule has 2 aliphatic carbocycles. The van der Waals surface area contributed by atoms with Gasteiger partial charge in [0.2, 0.25) is 0 Å². The predicted octanol–water partition coefficient (Wildman–Crippen LogP) is 14.4. The summed E-state index contributed by atoms with van der Waals surface area (Å²) in [5, 5.41) is 22.3. The highest BCUT2D eigenvalue weighted by atomic mass is 28.3. The van der Waals surface area contributed by atoms with Gasteiger partial charge >= 0.3 is 0 Å². The highest BCUT2D eigenvalue weighted by molar-refractivity contribution is 7.02. The third-order valence-electron chi connectivity index (χ3n) is 15.4. The number of hydrogen-bond acceptors (Lipinski definition) is 0. The first-order chi connectivity index (χ1) is 31.3. The van der Waals surface area contributed by atoms with Crippen LogP contribution in [0.1, 0.15) is 23.1 Å². The zero-order valence-electron chi connectivity index (χ0n) is 36.9. The van der Waals surface area contributed by atoms with E-state index >= 15 is 0 Å². The lowest BCUT2D eigenvalue weighted by Gasteiger charge is -2.30. The van der Waals surface area contributed by atoms with Gasteiger partial charge in [0, 0.05) is 0 Å². The summed E-state index contributed by atoms with van der Waals surface area (Å²) in [5.74, 6) is 0. The molecule has 304 valence electrons. The molecule has 0 radical (unpaired) electrons. The monoisotopic (exact) mass is 848 g/mol. The highest BCUT2D eigenvalue weighted by Gasteiger charge is 2.32. The van der Waals surface area contributed by atoms with Crippen molar-refractivity contribution in [2.75, 3.05) is 0 Å². The molecule has 0 unspecified atom stereocenters. The first-order valence-corrected chi connectivity index (χ1v) is 29.0. The van der Waals surface area contributed by atoms with Gasteiger partial charge in [-0.05, 0) is 132 Å². The second-order valence-electron chi connectivity index (χ2n) is 19.5. The van der Waals surface area contributed by atoms with Crippen LogP contribution in [0.5, 0.6) is 0 Å². The summed E-state index contributed by atoms with van der Waals surface area (Å²) in [6.07, 6.45) is 9.18. The molecule has 13 rings (SSSR count). The van der Waals surface area contributed by atoms with Crippen LogP contribution in [-0.2, 0) is 6.42 Å². The first kappa shape index (κ1) is 37.7. The molecule has 2 heteroatoms. The number of benzene rings is 11. The molecule has 0 spiro atoms. The highest BCUT2D eigenvalue weighted by Crippen LogP contribution is 2.44. The van der Waals surface area contributed by atoms with Crippen LogP contribution in [0.4, 0.5) is 0 Å². The van der Waals surface area contributed by atoms with Crippen molar-refractivity contribution < 1.29 is 0 Å². The third kappa shape index (κ3) is 5.39. The van der Waals surface area contributed by atoms with Crippen molar-refractivity contribution in [1.82, 2.24) is 0 Å². The normalized spacial score (nSPS) is 13.8. The second kappa shape index (κ2) is 13.8. The van der Waals surface area contributed by atoms with Crippen molar-refractivity contribution in [2.45, 2.75) is 39.0 Å². The van der Waals surface area contributed by atoms with Crippen LogP contribution in [0.3, 0.4) is 0 Å². The van der Waals surface area contributed by atoms with Crippen molar-refractivity contribution in [3.63, 3.8) is 0 Å². The Labute approximate surface area is 377 Å². The van der Waals surface area contributed by atoms with Crippen LogP contribution in [0, 0.1) is 0 Å². The molecule has 0 N–H and O–H groups in total. The van der Waals surface area contributed by atoms with E-state index in [4.69, 9.17) is 0 Å². The molecule has 0 heterocycles. The molecule has 2 aliphatic rings. The molecular formula is C62H48Si2. The average Bonchev–Trinajstić information content (AvgIpc) is 3.34. The van der Waals surface area contributed by atoms with Crippen molar-refractivity contribution in [1.29, 1.82) is 0 Å². The van der Waals surface area contributed by atoms with Gasteiger partial charge in [-0.15, -0.1) is 0 Å². The molecule has 11 aromatic rings. The predicted molar refractivity (Wildman–Crippen MR) is 285 cm³/mol. The van der Waals surface area contributed by atoms with Gasteiger partial charge < -0.3 is 0 Å². The van der Waals surface area contributed by atoms with E-state index in [0.717, 1.165) is 12.8 Å². The fraction of sp³-hybridized carbons (Fsp3) is 0.0968. The fourth-order valence-electron chi connectivity index (χ4n) is 12.0. The molecule has 0 nitrogen and oxygen atoms in total. The van der Waals surface area contributed by atoms with Crippen LogP contribution < -0.4 is 20.7 Å². The van der Waals surface area contributed by atoms with E-state index in [0.29, 0.717) is 0 Å². The first-order valence-electron chi connectivity index (χ1n) is 23.0. The Hall–Kier alpha value is -6.85. The molecule has 11 aromatic carbocycles. The van der Waals surface area contributed by atoms with Crippen molar-refractivity contribution in [2.24, 2.45) is 0 Å². The summed E-state index contributed by atoms with van der Waals surface area (Å²) in [5.41, 5.74) is 11.0. The molecule has 64 heavy (non-hydrogen) atoms. The lowest BCUT2D eigenvalue weighted by atomic mass is 9.81. The summed E-state index contributed by atoms with van der Waals surface area (Å²) in [7, 11) is -4.17. The standard InChI is InChI=1S/C62H48Si2/c1-63(2,55-37-29-45-21-19-39-11-9-13-41-27-35-53(55)61(45)57(39)41)47-31-23-43(24-32-47)59-49-15-5-7-17-51(49)60(52-18-8-6-16-50(52)59)44-25-33-48(34-26-44)64(3,4)56-38-30-46-22-20-40-12-10-14-42-28-36-54(56)62(46)58(40)42/h5-11,13-21,23-38H,12,22H2,1-4H3. The summed E-state index contributed by atoms with van der Waals surface area (Å²) in [6, 6.07) is 68.0. The SMILES string of the molecule is C[Si](C)(c1ccc(-c2c3ccccc3c(-c3ccc([Si](C)(C)c4ccc5ccc6cccc7ccc4c5c67)cc3)c3ccccc23)cc1)c1ccc2c3c4c(ccc13)C=CCC4=CC2. The molecule has 0 saturated carbocycles. The minimum atomic E-state index is -2.10. The van der Waals surface area contributed by atoms with E-state index in [1.54, 1.807) is 0 Å². The van der Waals surface area contributed by atoms with Gasteiger partial charge in [0.05, 0.1) is 0 Å². The van der Waals surface area contributed by atoms with Crippen molar-refractivity contribution in [3.8, 4) is 22.3 Å². The van der Waals surface area contributed by atoms with Gasteiger partial charge in [-0.3, -0.25) is 0 Å². The average molecular weight is 849 g/mol. The summed E-state index contributed by atoms with van der Waals surface area (Å²) < 4.78 is 0. The maximum Gasteiger partial charge on any atom is 0.113 e. The molecule has 0 amide bonds. The van der Waals surface area contributed by atoms with E-state index in [2.05, 4.69) is 220 Å². The second-order valence-corrected chi connectivity index (χ2v) is 28.2. The van der Waals surface area contributed by atoms with Crippen molar-refractivity contribution in [3.05, 3.63) is 205 Å². The Morgan fingerprint density at radius 2 is 0.844 bits per heavy atom. The maximum absolute atomic E-state index is 2.54. The van der Waals surface area contributed by atoms with Crippen LogP contribution >= 0.6 is 0 Å². The summed E-state index contributed by atoms with van der Waals surface area (Å²) >= 11 is 0. The molecule has 0 bridgehead atoms. The smallest absolute Gasteiger partial charge is 0.0795 e. The van der Waals surface area contributed by atoms with Crippen LogP contribution in [-0.4, -0.2) is 16.1 Å². The van der Waals surface area contributed by atoms with Gasteiger partial charge in [0.25, 0.3) is 0 Å². The van der Waals surface area contributed by atoms with Gasteiger partial charge in [-0.1, -0.05) is 231 Å². The Bertz CT molecular complexity index is 3730. The molecule has 0 fully saturated rings.